The maximum atomic E-state index is 14.9. The lowest BCUT2D eigenvalue weighted by Gasteiger charge is -2.37. The quantitative estimate of drug-likeness (QED) is 0.221. The molecule has 2 aromatic carbocycles. The number of aromatic nitrogens is 2. The molecule has 0 aliphatic carbocycles. The first-order valence-electron chi connectivity index (χ1n) is 12.4. The minimum atomic E-state index is -5.03. The monoisotopic (exact) mass is 630 g/mol. The van der Waals surface area contributed by atoms with Gasteiger partial charge in [0.2, 0.25) is 0 Å². The second-order valence-electron chi connectivity index (χ2n) is 9.44. The van der Waals surface area contributed by atoms with Gasteiger partial charge in [-0.3, -0.25) is 14.2 Å². The molecule has 7 nitrogen and oxygen atoms in total. The van der Waals surface area contributed by atoms with E-state index in [4.69, 9.17) is 0 Å². The number of nitrogens with zero attached hydrogens (tertiary/aromatic N) is 4. The van der Waals surface area contributed by atoms with E-state index in [0.29, 0.717) is 12.1 Å². The van der Waals surface area contributed by atoms with Gasteiger partial charge in [-0.1, -0.05) is 0 Å². The van der Waals surface area contributed by atoms with Crippen molar-refractivity contribution in [1.82, 2.24) is 14.5 Å². The van der Waals surface area contributed by atoms with Crippen molar-refractivity contribution in [2.45, 2.75) is 23.8 Å². The molecule has 1 aromatic heterocycles. The van der Waals surface area contributed by atoms with Crippen LogP contribution in [0.3, 0.4) is 0 Å². The summed E-state index contributed by atoms with van der Waals surface area (Å²) in [6.45, 7) is -0.764. The Morgan fingerprint density at radius 3 is 2.42 bits per heavy atom. The van der Waals surface area contributed by atoms with Gasteiger partial charge in [0.05, 0.1) is 17.6 Å². The number of benzene rings is 2. The molecule has 16 heteroatoms. The zero-order chi connectivity index (χ0) is 31.3. The number of aryl methyl sites for hydroxylation is 1. The van der Waals surface area contributed by atoms with Crippen LogP contribution in [0.2, 0.25) is 0 Å². The van der Waals surface area contributed by atoms with Gasteiger partial charge in [0.25, 0.3) is 5.91 Å². The number of carbonyl (C=O) groups is 2. The number of anilines is 1. The summed E-state index contributed by atoms with van der Waals surface area (Å²) < 4.78 is 111. The van der Waals surface area contributed by atoms with E-state index in [1.165, 1.54) is 4.90 Å². The van der Waals surface area contributed by atoms with Crippen LogP contribution in [0.4, 0.5) is 40.9 Å². The number of halogens is 8. The first-order valence-corrected chi connectivity index (χ1v) is 13.4. The molecule has 2 aliphatic heterocycles. The van der Waals surface area contributed by atoms with E-state index in [0.717, 1.165) is 39.4 Å². The number of hydrogen-bond acceptors (Lipinski definition) is 6. The molecule has 226 valence electrons. The highest BCUT2D eigenvalue weighted by Gasteiger charge is 2.39. The Hall–Kier alpha value is -4.21. The van der Waals surface area contributed by atoms with Crippen LogP contribution in [0.1, 0.15) is 5.56 Å². The van der Waals surface area contributed by atoms with Gasteiger partial charge < -0.3 is 9.80 Å². The topological polar surface area (TPSA) is 75.5 Å². The molecule has 1 fully saturated rings. The van der Waals surface area contributed by atoms with E-state index in [9.17, 15) is 49.5 Å². The maximum absolute atomic E-state index is 14.9. The van der Waals surface area contributed by atoms with Crippen molar-refractivity contribution in [2.75, 3.05) is 30.3 Å². The molecule has 0 radical (unpaired) electrons. The van der Waals surface area contributed by atoms with Crippen molar-refractivity contribution in [3.63, 3.8) is 0 Å². The number of aldehydes is 1. The molecule has 0 N–H and O–H groups in total. The number of allylic oxidation sites excluding steroid dienone is 2. The maximum Gasteiger partial charge on any atom is 0.417 e. The molecular formula is C27H18F8N4O3S. The SMILES string of the molecule is O=C/C=C1\CN(c2nc(=O)n3c4c(c(-c5ccc(F)cc5F)c(C(F)(F)F)cc24)SCC3)CCN1C(=O)/C=C/C(F)(F)F. The largest absolute Gasteiger partial charge is 0.417 e. The van der Waals surface area contributed by atoms with E-state index >= 15 is 0 Å². The van der Waals surface area contributed by atoms with Gasteiger partial charge in [-0.25, -0.2) is 13.6 Å². The second-order valence-corrected chi connectivity index (χ2v) is 10.6. The van der Waals surface area contributed by atoms with E-state index < -0.39 is 52.3 Å². The Morgan fingerprint density at radius 2 is 1.77 bits per heavy atom. The third kappa shape index (κ3) is 5.87. The fraction of sp³-hybridized carbons (Fsp3) is 0.259. The van der Waals surface area contributed by atoms with Crippen molar-refractivity contribution in [2.24, 2.45) is 0 Å². The first kappa shape index (κ1) is 30.3. The Morgan fingerprint density at radius 1 is 1.02 bits per heavy atom. The summed E-state index contributed by atoms with van der Waals surface area (Å²) >= 11 is 0.954. The van der Waals surface area contributed by atoms with Gasteiger partial charge in [0.15, 0.2) is 0 Å². The predicted molar refractivity (Wildman–Crippen MR) is 140 cm³/mol. The Bertz CT molecular complexity index is 1760. The van der Waals surface area contributed by atoms with E-state index in [2.05, 4.69) is 4.98 Å². The number of rotatable bonds is 4. The lowest BCUT2D eigenvalue weighted by Crippen LogP contribution is -2.48. The van der Waals surface area contributed by atoms with Crippen LogP contribution in [0.5, 0.6) is 0 Å². The highest BCUT2D eigenvalue weighted by atomic mass is 32.2. The average molecular weight is 631 g/mol. The molecule has 1 amide bonds. The van der Waals surface area contributed by atoms with Crippen LogP contribution >= 0.6 is 11.8 Å². The number of carbonyl (C=O) groups excluding carboxylic acids is 2. The fourth-order valence-corrected chi connectivity index (χ4v) is 6.24. The molecule has 0 unspecified atom stereocenters. The molecule has 0 spiro atoms. The zero-order valence-electron chi connectivity index (χ0n) is 21.6. The van der Waals surface area contributed by atoms with Gasteiger partial charge in [-0.15, -0.1) is 11.8 Å². The van der Waals surface area contributed by atoms with Crippen LogP contribution in [0.15, 0.2) is 57.9 Å². The number of piperazine rings is 1. The number of thioether (sulfide) groups is 1. The van der Waals surface area contributed by atoms with Crippen molar-refractivity contribution in [1.29, 1.82) is 0 Å². The van der Waals surface area contributed by atoms with Crippen LogP contribution in [0.25, 0.3) is 22.0 Å². The highest BCUT2D eigenvalue weighted by Crippen LogP contribution is 2.49. The minimum absolute atomic E-state index is 0.0329. The first-order chi connectivity index (χ1) is 20.2. The molecule has 3 heterocycles. The van der Waals surface area contributed by atoms with Crippen LogP contribution in [-0.2, 0) is 22.3 Å². The van der Waals surface area contributed by atoms with Crippen LogP contribution < -0.4 is 10.6 Å². The smallest absolute Gasteiger partial charge is 0.348 e. The summed E-state index contributed by atoms with van der Waals surface area (Å²) in [7, 11) is 0. The molecule has 1 saturated heterocycles. The molecule has 0 bridgehead atoms. The Kier molecular flexibility index (Phi) is 7.83. The van der Waals surface area contributed by atoms with E-state index in [1.54, 1.807) is 0 Å². The lowest BCUT2D eigenvalue weighted by molar-refractivity contribution is -0.137. The van der Waals surface area contributed by atoms with Gasteiger partial charge in [-0.05, 0) is 24.3 Å². The third-order valence-corrected chi connectivity index (χ3v) is 7.87. The standard InChI is InChI=1S/C27H18F8N4O3S/c28-14-1-2-16(19(29)11-14)21-18(27(33,34)35)12-17-22-23(21)43-10-8-39(22)25(42)36-24(17)37-6-7-38(15(13-37)4-9-40)20(41)3-5-26(30,31)32/h1-5,9,11-12H,6-8,10,13H2/b5-3+,15-4+. The molecule has 0 saturated carbocycles. The summed E-state index contributed by atoms with van der Waals surface area (Å²) in [5.74, 6) is -3.40. The third-order valence-electron chi connectivity index (χ3n) is 6.80. The summed E-state index contributed by atoms with van der Waals surface area (Å²) in [4.78, 5) is 43.1. The molecule has 43 heavy (non-hydrogen) atoms. The van der Waals surface area contributed by atoms with E-state index in [1.807, 2.05) is 0 Å². The summed E-state index contributed by atoms with van der Waals surface area (Å²) in [6, 6.07) is 2.88. The normalized spacial score (nSPS) is 16.9. The van der Waals surface area contributed by atoms with Crippen molar-refractivity contribution < 1.29 is 44.7 Å². The van der Waals surface area contributed by atoms with Gasteiger partial charge >= 0.3 is 18.0 Å². The van der Waals surface area contributed by atoms with Crippen LogP contribution in [-0.4, -0.2) is 58.2 Å². The molecular weight excluding hydrogens is 612 g/mol. The summed E-state index contributed by atoms with van der Waals surface area (Å²) in [5, 5.41) is -0.136. The average Bonchev–Trinajstić information content (AvgIpc) is 2.93. The second kappa shape index (κ2) is 11.1. The van der Waals surface area contributed by atoms with Crippen molar-refractivity contribution in [3.05, 3.63) is 75.9 Å². The van der Waals surface area contributed by atoms with Gasteiger partial charge in [-0.2, -0.15) is 31.3 Å². The number of alkyl halides is 6. The zero-order valence-corrected chi connectivity index (χ0v) is 22.4. The number of amides is 1. The predicted octanol–water partition coefficient (Wildman–Crippen LogP) is 5.32. The van der Waals surface area contributed by atoms with Gasteiger partial charge in [0, 0.05) is 70.7 Å². The molecule has 0 atom stereocenters. The molecule has 2 aliphatic rings. The Balaban J connectivity index is 1.69. The molecule has 3 aromatic rings. The summed E-state index contributed by atoms with van der Waals surface area (Å²) in [6.07, 6.45) is -8.59. The van der Waals surface area contributed by atoms with Gasteiger partial charge in [0.1, 0.15) is 23.7 Å². The number of hydrogen-bond donors (Lipinski definition) is 0. The van der Waals surface area contributed by atoms with Crippen molar-refractivity contribution >= 4 is 40.7 Å². The van der Waals surface area contributed by atoms with E-state index in [-0.39, 0.29) is 77.7 Å². The highest BCUT2D eigenvalue weighted by molar-refractivity contribution is 7.99. The fourth-order valence-electron chi connectivity index (χ4n) is 5.04. The van der Waals surface area contributed by atoms with Crippen LogP contribution in [0, 0.1) is 11.6 Å². The minimum Gasteiger partial charge on any atom is -0.348 e. The lowest BCUT2D eigenvalue weighted by atomic mass is 9.95. The molecule has 5 rings (SSSR count). The summed E-state index contributed by atoms with van der Waals surface area (Å²) in [5.41, 5.74) is -3.24. The Labute approximate surface area is 241 Å². The van der Waals surface area contributed by atoms with Crippen molar-refractivity contribution in [3.8, 4) is 11.1 Å².